The zero-order valence-corrected chi connectivity index (χ0v) is 13.1. The molecule has 0 aromatic heterocycles. The number of carbonyl (C=O) groups excluding carboxylic acids is 1. The fraction of sp³-hybridized carbons (Fsp3) is 0.529. The molecule has 1 amide bonds. The van der Waals surface area contributed by atoms with Crippen LogP contribution in [0.4, 0.5) is 5.69 Å². The number of anilines is 1. The maximum Gasteiger partial charge on any atom is 0.310 e. The van der Waals surface area contributed by atoms with Crippen molar-refractivity contribution in [2.75, 3.05) is 11.9 Å². The lowest BCUT2D eigenvalue weighted by Crippen LogP contribution is -2.43. The first kappa shape index (κ1) is 16.5. The molecule has 0 radical (unpaired) electrons. The van der Waals surface area contributed by atoms with Gasteiger partial charge in [-0.3, -0.25) is 9.59 Å². The number of rotatable bonds is 6. The number of hydrogen-bond acceptors (Lipinski definition) is 3. The molecular weight excluding hydrogens is 282 g/mol. The van der Waals surface area contributed by atoms with Crippen molar-refractivity contribution in [2.24, 2.45) is 0 Å². The molecule has 120 valence electrons. The summed E-state index contributed by atoms with van der Waals surface area (Å²) in [5.41, 5.74) is 0.671. The molecule has 0 heterocycles. The molecule has 1 aliphatic carbocycles. The highest BCUT2D eigenvalue weighted by Gasteiger charge is 2.41. The summed E-state index contributed by atoms with van der Waals surface area (Å²) < 4.78 is 5.73. The van der Waals surface area contributed by atoms with Gasteiger partial charge in [-0.15, -0.1) is 0 Å². The third kappa shape index (κ3) is 3.47. The van der Waals surface area contributed by atoms with Gasteiger partial charge in [0.2, 0.25) is 0 Å². The second-order valence-corrected chi connectivity index (χ2v) is 5.77. The highest BCUT2D eigenvalue weighted by Crippen LogP contribution is 2.34. The topological polar surface area (TPSA) is 75.6 Å². The van der Waals surface area contributed by atoms with Crippen LogP contribution in [0.1, 0.15) is 51.0 Å². The van der Waals surface area contributed by atoms with Gasteiger partial charge in [0, 0.05) is 12.3 Å². The maximum atomic E-state index is 12.5. The zero-order valence-electron chi connectivity index (χ0n) is 13.1. The summed E-state index contributed by atoms with van der Waals surface area (Å²) in [5, 5.41) is 11.9. The summed E-state index contributed by atoms with van der Waals surface area (Å²) in [6, 6.07) is 6.94. The van der Waals surface area contributed by atoms with Crippen LogP contribution in [-0.4, -0.2) is 29.2 Å². The van der Waals surface area contributed by atoms with E-state index in [1.807, 2.05) is 6.92 Å². The van der Waals surface area contributed by atoms with Crippen molar-refractivity contribution in [2.45, 2.75) is 51.0 Å². The largest absolute Gasteiger partial charge is 0.481 e. The van der Waals surface area contributed by atoms with E-state index in [2.05, 4.69) is 5.32 Å². The van der Waals surface area contributed by atoms with E-state index in [4.69, 9.17) is 9.84 Å². The zero-order chi connectivity index (χ0) is 16.2. The van der Waals surface area contributed by atoms with E-state index in [0.29, 0.717) is 17.9 Å². The SMILES string of the molecule is CCOC1(C(=O)Nc2ccc(C(C)C(=O)O)cc2)CCCC1. The van der Waals surface area contributed by atoms with Crippen molar-refractivity contribution < 1.29 is 19.4 Å². The minimum atomic E-state index is -0.863. The summed E-state index contributed by atoms with van der Waals surface area (Å²) in [6.45, 7) is 4.05. The van der Waals surface area contributed by atoms with Gasteiger partial charge < -0.3 is 15.2 Å². The first-order chi connectivity index (χ1) is 10.5. The van der Waals surface area contributed by atoms with E-state index in [1.54, 1.807) is 31.2 Å². The Kier molecular flexibility index (Phi) is 5.19. The predicted octanol–water partition coefficient (Wildman–Crippen LogP) is 3.16. The minimum Gasteiger partial charge on any atom is -0.481 e. The van der Waals surface area contributed by atoms with Crippen molar-refractivity contribution in [3.63, 3.8) is 0 Å². The Morgan fingerprint density at radius 3 is 2.36 bits per heavy atom. The van der Waals surface area contributed by atoms with E-state index in [0.717, 1.165) is 25.7 Å². The monoisotopic (exact) mass is 305 g/mol. The Hall–Kier alpha value is -1.88. The van der Waals surface area contributed by atoms with Gasteiger partial charge in [0.25, 0.3) is 5.91 Å². The summed E-state index contributed by atoms with van der Waals surface area (Å²) in [4.78, 5) is 23.5. The predicted molar refractivity (Wildman–Crippen MR) is 83.9 cm³/mol. The van der Waals surface area contributed by atoms with Crippen LogP contribution in [-0.2, 0) is 14.3 Å². The maximum absolute atomic E-state index is 12.5. The van der Waals surface area contributed by atoms with Crippen LogP contribution in [0.25, 0.3) is 0 Å². The number of carbonyl (C=O) groups is 2. The van der Waals surface area contributed by atoms with E-state index >= 15 is 0 Å². The van der Waals surface area contributed by atoms with Crippen molar-refractivity contribution in [3.8, 4) is 0 Å². The van der Waals surface area contributed by atoms with E-state index < -0.39 is 17.5 Å². The molecule has 1 saturated carbocycles. The summed E-state index contributed by atoms with van der Waals surface area (Å²) in [6.07, 6.45) is 3.51. The third-order valence-electron chi connectivity index (χ3n) is 4.28. The molecule has 1 aromatic carbocycles. The molecule has 5 heteroatoms. The van der Waals surface area contributed by atoms with Crippen molar-refractivity contribution >= 4 is 17.6 Å². The van der Waals surface area contributed by atoms with Crippen molar-refractivity contribution in [3.05, 3.63) is 29.8 Å². The van der Waals surface area contributed by atoms with Gasteiger partial charge in [-0.25, -0.2) is 0 Å². The van der Waals surface area contributed by atoms with Crippen molar-refractivity contribution in [1.29, 1.82) is 0 Å². The molecule has 1 atom stereocenters. The molecule has 5 nitrogen and oxygen atoms in total. The second kappa shape index (κ2) is 6.92. The molecule has 1 unspecified atom stereocenters. The third-order valence-corrected chi connectivity index (χ3v) is 4.28. The molecule has 1 aromatic rings. The van der Waals surface area contributed by atoms with Crippen LogP contribution in [0.2, 0.25) is 0 Å². The molecule has 1 aliphatic rings. The van der Waals surface area contributed by atoms with Crippen LogP contribution >= 0.6 is 0 Å². The molecule has 22 heavy (non-hydrogen) atoms. The van der Waals surface area contributed by atoms with Crippen molar-refractivity contribution in [1.82, 2.24) is 0 Å². The Morgan fingerprint density at radius 2 is 1.86 bits per heavy atom. The standard InChI is InChI=1S/C17H23NO4/c1-3-22-17(10-4-5-11-17)16(21)18-14-8-6-13(7-9-14)12(2)15(19)20/h6-9,12H,3-5,10-11H2,1-2H3,(H,18,21)(H,19,20). The number of benzene rings is 1. The Labute approximate surface area is 130 Å². The molecule has 0 spiro atoms. The van der Waals surface area contributed by atoms with Gasteiger partial charge in [-0.05, 0) is 57.2 Å². The molecule has 0 aliphatic heterocycles. The normalized spacial score (nSPS) is 17.9. The Morgan fingerprint density at radius 1 is 1.27 bits per heavy atom. The Bertz CT molecular complexity index is 532. The highest BCUT2D eigenvalue weighted by atomic mass is 16.5. The van der Waals surface area contributed by atoms with Crippen LogP contribution in [0, 0.1) is 0 Å². The number of ether oxygens (including phenoxy) is 1. The molecule has 1 fully saturated rings. The minimum absolute atomic E-state index is 0.106. The van der Waals surface area contributed by atoms with Crippen LogP contribution < -0.4 is 5.32 Å². The van der Waals surface area contributed by atoms with Gasteiger partial charge >= 0.3 is 5.97 Å². The van der Waals surface area contributed by atoms with E-state index in [9.17, 15) is 9.59 Å². The van der Waals surface area contributed by atoms with E-state index in [-0.39, 0.29) is 5.91 Å². The average molecular weight is 305 g/mol. The number of amides is 1. The average Bonchev–Trinajstić information content (AvgIpc) is 2.97. The highest BCUT2D eigenvalue weighted by molar-refractivity contribution is 5.97. The lowest BCUT2D eigenvalue weighted by molar-refractivity contribution is -0.140. The second-order valence-electron chi connectivity index (χ2n) is 5.77. The van der Waals surface area contributed by atoms with Crippen LogP contribution in [0.5, 0.6) is 0 Å². The van der Waals surface area contributed by atoms with Gasteiger partial charge in [-0.2, -0.15) is 0 Å². The molecule has 0 bridgehead atoms. The van der Waals surface area contributed by atoms with Gasteiger partial charge in [-0.1, -0.05) is 12.1 Å². The number of aliphatic carboxylic acids is 1. The first-order valence-corrected chi connectivity index (χ1v) is 7.76. The first-order valence-electron chi connectivity index (χ1n) is 7.76. The van der Waals surface area contributed by atoms with Gasteiger partial charge in [0.1, 0.15) is 5.60 Å². The van der Waals surface area contributed by atoms with E-state index in [1.165, 1.54) is 0 Å². The van der Waals surface area contributed by atoms with Crippen LogP contribution in [0.3, 0.4) is 0 Å². The number of nitrogens with one attached hydrogen (secondary N) is 1. The Balaban J connectivity index is 2.07. The number of carboxylic acid groups (broad SMARTS) is 1. The van der Waals surface area contributed by atoms with Gasteiger partial charge in [0.05, 0.1) is 5.92 Å². The lowest BCUT2D eigenvalue weighted by Gasteiger charge is -2.27. The summed E-state index contributed by atoms with van der Waals surface area (Å²) >= 11 is 0. The van der Waals surface area contributed by atoms with Gasteiger partial charge in [0.15, 0.2) is 0 Å². The molecular formula is C17H23NO4. The molecule has 2 N–H and O–H groups in total. The smallest absolute Gasteiger partial charge is 0.310 e. The number of hydrogen-bond donors (Lipinski definition) is 2. The summed E-state index contributed by atoms with van der Waals surface area (Å²) in [7, 11) is 0. The molecule has 2 rings (SSSR count). The quantitative estimate of drug-likeness (QED) is 0.846. The number of carboxylic acids is 1. The summed E-state index contributed by atoms with van der Waals surface area (Å²) in [5.74, 6) is -1.53. The fourth-order valence-corrected chi connectivity index (χ4v) is 2.90. The van der Waals surface area contributed by atoms with Crippen LogP contribution in [0.15, 0.2) is 24.3 Å². The fourth-order valence-electron chi connectivity index (χ4n) is 2.90. The lowest BCUT2D eigenvalue weighted by atomic mass is 9.99. The molecule has 0 saturated heterocycles.